The molecule has 1 rings (SSSR count). The SMILES string of the molecule is CCCCCCCCCCCCCCc1cc(O)ccc1C(=O)O. The highest BCUT2D eigenvalue weighted by Gasteiger charge is 2.10. The maximum absolute atomic E-state index is 11.2. The van der Waals surface area contributed by atoms with E-state index in [0.717, 1.165) is 24.8 Å². The highest BCUT2D eigenvalue weighted by Crippen LogP contribution is 2.20. The molecule has 0 fully saturated rings. The lowest BCUT2D eigenvalue weighted by Gasteiger charge is -2.07. The van der Waals surface area contributed by atoms with Gasteiger partial charge in [-0.25, -0.2) is 4.79 Å². The van der Waals surface area contributed by atoms with Crippen LogP contribution < -0.4 is 0 Å². The molecule has 0 radical (unpaired) electrons. The summed E-state index contributed by atoms with van der Waals surface area (Å²) >= 11 is 0. The van der Waals surface area contributed by atoms with Gasteiger partial charge in [0.05, 0.1) is 5.56 Å². The molecule has 0 saturated carbocycles. The second kappa shape index (κ2) is 12.9. The van der Waals surface area contributed by atoms with Crippen molar-refractivity contribution in [3.63, 3.8) is 0 Å². The fourth-order valence-corrected chi connectivity index (χ4v) is 3.15. The van der Waals surface area contributed by atoms with Crippen LogP contribution >= 0.6 is 0 Å². The van der Waals surface area contributed by atoms with Gasteiger partial charge in [0.25, 0.3) is 0 Å². The predicted molar refractivity (Wildman–Crippen MR) is 99.8 cm³/mol. The standard InChI is InChI=1S/C21H34O3/c1-2-3-4-5-6-7-8-9-10-11-12-13-14-18-17-19(22)15-16-20(18)21(23)24/h15-17,22H,2-14H2,1H3,(H,23,24). The minimum atomic E-state index is -0.913. The number of carboxylic acid groups (broad SMARTS) is 1. The number of hydrogen-bond acceptors (Lipinski definition) is 2. The first-order valence-electron chi connectivity index (χ1n) is 9.70. The van der Waals surface area contributed by atoms with Crippen LogP contribution in [0.4, 0.5) is 0 Å². The monoisotopic (exact) mass is 334 g/mol. The molecule has 0 unspecified atom stereocenters. The van der Waals surface area contributed by atoms with Gasteiger partial charge in [-0.15, -0.1) is 0 Å². The lowest BCUT2D eigenvalue weighted by atomic mass is 9.99. The zero-order valence-corrected chi connectivity index (χ0v) is 15.2. The summed E-state index contributed by atoms with van der Waals surface area (Å²) in [5.41, 5.74) is 1.06. The van der Waals surface area contributed by atoms with Gasteiger partial charge in [0.2, 0.25) is 0 Å². The minimum absolute atomic E-state index is 0.147. The molecule has 0 saturated heterocycles. The largest absolute Gasteiger partial charge is 0.508 e. The molecule has 0 aromatic heterocycles. The van der Waals surface area contributed by atoms with Crippen molar-refractivity contribution in [2.75, 3.05) is 0 Å². The smallest absolute Gasteiger partial charge is 0.335 e. The third-order valence-corrected chi connectivity index (χ3v) is 4.62. The van der Waals surface area contributed by atoms with Crippen LogP contribution in [0.15, 0.2) is 18.2 Å². The Morgan fingerprint density at radius 1 is 0.833 bits per heavy atom. The molecule has 0 amide bonds. The summed E-state index contributed by atoms with van der Waals surface area (Å²) in [6.07, 6.45) is 16.2. The molecule has 0 spiro atoms. The fourth-order valence-electron chi connectivity index (χ4n) is 3.15. The molecule has 136 valence electrons. The quantitative estimate of drug-likeness (QED) is 0.391. The first-order valence-corrected chi connectivity index (χ1v) is 9.70. The Kier molecular flexibility index (Phi) is 11.0. The van der Waals surface area contributed by atoms with E-state index in [-0.39, 0.29) is 5.75 Å². The third-order valence-electron chi connectivity index (χ3n) is 4.62. The maximum Gasteiger partial charge on any atom is 0.335 e. The molecule has 2 N–H and O–H groups in total. The molecule has 3 heteroatoms. The van der Waals surface area contributed by atoms with Gasteiger partial charge in [-0.05, 0) is 36.6 Å². The van der Waals surface area contributed by atoms with Crippen molar-refractivity contribution >= 4 is 5.97 Å². The van der Waals surface area contributed by atoms with Gasteiger partial charge in [0.1, 0.15) is 5.75 Å². The number of carbonyl (C=O) groups is 1. The third kappa shape index (κ3) is 8.95. The fraction of sp³-hybridized carbons (Fsp3) is 0.667. The molecule has 0 atom stereocenters. The Morgan fingerprint density at radius 2 is 1.33 bits per heavy atom. The van der Waals surface area contributed by atoms with E-state index in [1.807, 2.05) is 0 Å². The molecule has 0 aliphatic heterocycles. The lowest BCUT2D eigenvalue weighted by Crippen LogP contribution is -2.02. The summed E-state index contributed by atoms with van der Waals surface area (Å²) in [5, 5.41) is 18.7. The summed E-state index contributed by atoms with van der Waals surface area (Å²) in [6, 6.07) is 4.52. The first-order chi connectivity index (χ1) is 11.6. The predicted octanol–water partition coefficient (Wildman–Crippen LogP) is 6.33. The topological polar surface area (TPSA) is 57.5 Å². The molecule has 24 heavy (non-hydrogen) atoms. The van der Waals surface area contributed by atoms with Gasteiger partial charge in [-0.2, -0.15) is 0 Å². The van der Waals surface area contributed by atoms with E-state index in [2.05, 4.69) is 6.92 Å². The van der Waals surface area contributed by atoms with Crippen molar-refractivity contribution in [3.05, 3.63) is 29.3 Å². The summed E-state index contributed by atoms with van der Waals surface area (Å²) in [6.45, 7) is 2.25. The van der Waals surface area contributed by atoms with Crippen LogP contribution in [-0.2, 0) is 6.42 Å². The van der Waals surface area contributed by atoms with E-state index in [0.29, 0.717) is 5.56 Å². The average Bonchev–Trinajstić information content (AvgIpc) is 2.55. The number of phenolic OH excluding ortho intramolecular Hbond substituents is 1. The van der Waals surface area contributed by atoms with Crippen LogP contribution in [0.3, 0.4) is 0 Å². The van der Waals surface area contributed by atoms with Crippen LogP contribution in [0.25, 0.3) is 0 Å². The molecule has 1 aromatic rings. The number of aromatic hydroxyl groups is 1. The minimum Gasteiger partial charge on any atom is -0.508 e. The van der Waals surface area contributed by atoms with Gasteiger partial charge in [0.15, 0.2) is 0 Å². The highest BCUT2D eigenvalue weighted by molar-refractivity contribution is 5.89. The van der Waals surface area contributed by atoms with Crippen LogP contribution in [0.5, 0.6) is 5.75 Å². The number of rotatable bonds is 14. The molecular weight excluding hydrogens is 300 g/mol. The number of carboxylic acids is 1. The summed E-state index contributed by atoms with van der Waals surface area (Å²) < 4.78 is 0. The summed E-state index contributed by atoms with van der Waals surface area (Å²) in [4.78, 5) is 11.2. The molecule has 0 bridgehead atoms. The van der Waals surface area contributed by atoms with Crippen molar-refractivity contribution < 1.29 is 15.0 Å². The Hall–Kier alpha value is -1.51. The lowest BCUT2D eigenvalue weighted by molar-refractivity contribution is 0.0695. The van der Waals surface area contributed by atoms with Gasteiger partial charge in [-0.3, -0.25) is 0 Å². The molecule has 0 aliphatic rings. The number of benzene rings is 1. The summed E-state index contributed by atoms with van der Waals surface area (Å²) in [5.74, 6) is -0.766. The van der Waals surface area contributed by atoms with Gasteiger partial charge >= 0.3 is 5.97 Å². The Morgan fingerprint density at radius 3 is 1.83 bits per heavy atom. The van der Waals surface area contributed by atoms with E-state index in [4.69, 9.17) is 5.11 Å². The second-order valence-corrected chi connectivity index (χ2v) is 6.79. The summed E-state index contributed by atoms with van der Waals surface area (Å²) in [7, 11) is 0. The van der Waals surface area contributed by atoms with Crippen LogP contribution in [0, 0.1) is 0 Å². The van der Waals surface area contributed by atoms with E-state index >= 15 is 0 Å². The molecule has 0 heterocycles. The highest BCUT2D eigenvalue weighted by atomic mass is 16.4. The molecular formula is C21H34O3. The van der Waals surface area contributed by atoms with Crippen molar-refractivity contribution in [1.82, 2.24) is 0 Å². The van der Waals surface area contributed by atoms with E-state index in [9.17, 15) is 9.90 Å². The number of aromatic carboxylic acids is 1. The van der Waals surface area contributed by atoms with Crippen LogP contribution in [0.2, 0.25) is 0 Å². The van der Waals surface area contributed by atoms with Crippen molar-refractivity contribution in [1.29, 1.82) is 0 Å². The number of aryl methyl sites for hydroxylation is 1. The van der Waals surface area contributed by atoms with Crippen LogP contribution in [0.1, 0.15) is 99.9 Å². The van der Waals surface area contributed by atoms with E-state index < -0.39 is 5.97 Å². The Balaban J connectivity index is 2.05. The van der Waals surface area contributed by atoms with Crippen molar-refractivity contribution in [3.8, 4) is 5.75 Å². The molecule has 0 aliphatic carbocycles. The van der Waals surface area contributed by atoms with E-state index in [1.165, 1.54) is 76.3 Å². The van der Waals surface area contributed by atoms with E-state index in [1.54, 1.807) is 6.07 Å². The van der Waals surface area contributed by atoms with Crippen LogP contribution in [-0.4, -0.2) is 16.2 Å². The van der Waals surface area contributed by atoms with Gasteiger partial charge in [-0.1, -0.05) is 77.6 Å². The molecule has 3 nitrogen and oxygen atoms in total. The average molecular weight is 334 g/mol. The molecule has 1 aromatic carbocycles. The number of hydrogen-bond donors (Lipinski definition) is 2. The zero-order valence-electron chi connectivity index (χ0n) is 15.2. The van der Waals surface area contributed by atoms with Crippen molar-refractivity contribution in [2.45, 2.75) is 90.4 Å². The van der Waals surface area contributed by atoms with Gasteiger partial charge in [0, 0.05) is 0 Å². The van der Waals surface area contributed by atoms with Crippen molar-refractivity contribution in [2.24, 2.45) is 0 Å². The van der Waals surface area contributed by atoms with Gasteiger partial charge < -0.3 is 10.2 Å². The number of phenols is 1. The first kappa shape index (κ1) is 20.5. The Labute approximate surface area is 147 Å². The maximum atomic E-state index is 11.2. The Bertz CT molecular complexity index is 468. The number of unbranched alkanes of at least 4 members (excludes halogenated alkanes) is 11. The normalized spacial score (nSPS) is 10.9. The zero-order chi connectivity index (χ0) is 17.6. The second-order valence-electron chi connectivity index (χ2n) is 6.79.